The summed E-state index contributed by atoms with van der Waals surface area (Å²) in [6.07, 6.45) is 1.48. The Morgan fingerprint density at radius 3 is 2.81 bits per heavy atom. The third-order valence-electron chi connectivity index (χ3n) is 1.84. The summed E-state index contributed by atoms with van der Waals surface area (Å²) in [7, 11) is -3.52. The molecule has 2 aromatic rings. The highest BCUT2D eigenvalue weighted by molar-refractivity contribution is 9.11. The third-order valence-corrected chi connectivity index (χ3v) is 5.82. The lowest BCUT2D eigenvalue weighted by Gasteiger charge is -2.01. The number of rotatable bonds is 3. The molecule has 0 aliphatic carbocycles. The van der Waals surface area contributed by atoms with Gasteiger partial charge in [-0.2, -0.15) is 5.10 Å². The first kappa shape index (κ1) is 11.6. The molecule has 2 aromatic heterocycles. The molecule has 0 bridgehead atoms. The number of H-pyrrole nitrogens is 1. The number of anilines is 1. The van der Waals surface area contributed by atoms with Gasteiger partial charge in [-0.25, -0.2) is 8.42 Å². The fourth-order valence-electron chi connectivity index (χ4n) is 1.07. The van der Waals surface area contributed by atoms with E-state index in [0.717, 1.165) is 9.35 Å². The summed E-state index contributed by atoms with van der Waals surface area (Å²) in [4.78, 5) is 0. The number of nitrogens with one attached hydrogen (secondary N) is 2. The van der Waals surface area contributed by atoms with Crippen LogP contribution in [0.15, 0.2) is 26.3 Å². The molecule has 0 saturated carbocycles. The van der Waals surface area contributed by atoms with Crippen LogP contribution in [-0.4, -0.2) is 18.6 Å². The molecular weight excluding hydrogens is 314 g/mol. The Balaban J connectivity index is 2.32. The van der Waals surface area contributed by atoms with Crippen LogP contribution in [0.1, 0.15) is 5.56 Å². The van der Waals surface area contributed by atoms with Gasteiger partial charge >= 0.3 is 0 Å². The van der Waals surface area contributed by atoms with E-state index in [0.29, 0.717) is 5.82 Å². The number of nitrogens with zero attached hydrogens (tertiary/aromatic N) is 1. The molecule has 0 fully saturated rings. The molecule has 0 aliphatic rings. The second-order valence-corrected chi connectivity index (χ2v) is 7.38. The summed E-state index contributed by atoms with van der Waals surface area (Å²) in [5, 5.41) is 6.20. The van der Waals surface area contributed by atoms with Gasteiger partial charge in [-0.3, -0.25) is 9.82 Å². The van der Waals surface area contributed by atoms with Gasteiger partial charge in [0.1, 0.15) is 10.0 Å². The van der Waals surface area contributed by atoms with Crippen molar-refractivity contribution in [2.24, 2.45) is 0 Å². The first-order valence-corrected chi connectivity index (χ1v) is 7.36. The zero-order valence-electron chi connectivity index (χ0n) is 8.19. The lowest BCUT2D eigenvalue weighted by Crippen LogP contribution is -2.11. The summed E-state index contributed by atoms with van der Waals surface area (Å²) in [5.74, 6) is 0.349. The lowest BCUT2D eigenvalue weighted by atomic mass is 10.4. The van der Waals surface area contributed by atoms with Gasteiger partial charge in [-0.05, 0) is 34.5 Å². The van der Waals surface area contributed by atoms with Crippen molar-refractivity contribution in [2.75, 3.05) is 4.72 Å². The van der Waals surface area contributed by atoms with Crippen molar-refractivity contribution < 1.29 is 8.42 Å². The highest BCUT2D eigenvalue weighted by atomic mass is 79.9. The van der Waals surface area contributed by atoms with E-state index in [1.807, 2.05) is 6.92 Å². The molecule has 0 saturated heterocycles. The van der Waals surface area contributed by atoms with Crippen molar-refractivity contribution in [3.05, 3.63) is 27.7 Å². The van der Waals surface area contributed by atoms with Crippen molar-refractivity contribution in [2.45, 2.75) is 11.1 Å². The Kier molecular flexibility index (Phi) is 3.04. The number of aromatic amines is 1. The van der Waals surface area contributed by atoms with E-state index in [4.69, 9.17) is 0 Å². The molecule has 2 rings (SSSR count). The molecule has 0 aromatic carbocycles. The van der Waals surface area contributed by atoms with E-state index in [2.05, 4.69) is 30.8 Å². The molecule has 0 unspecified atom stereocenters. The minimum atomic E-state index is -3.52. The lowest BCUT2D eigenvalue weighted by molar-refractivity contribution is 0.603. The number of sulfonamides is 1. The van der Waals surface area contributed by atoms with Crippen molar-refractivity contribution in [3.63, 3.8) is 0 Å². The van der Waals surface area contributed by atoms with Crippen molar-refractivity contribution in [3.8, 4) is 0 Å². The van der Waals surface area contributed by atoms with E-state index in [1.54, 1.807) is 12.1 Å². The zero-order chi connectivity index (χ0) is 11.8. The second-order valence-electron chi connectivity index (χ2n) is 3.10. The Morgan fingerprint density at radius 2 is 2.31 bits per heavy atom. The van der Waals surface area contributed by atoms with Gasteiger partial charge in [0.15, 0.2) is 0 Å². The molecule has 86 valence electrons. The maximum atomic E-state index is 11.9. The van der Waals surface area contributed by atoms with Crippen LogP contribution in [0.5, 0.6) is 0 Å². The van der Waals surface area contributed by atoms with E-state index >= 15 is 0 Å². The maximum absolute atomic E-state index is 11.9. The normalized spacial score (nSPS) is 11.6. The molecule has 16 heavy (non-hydrogen) atoms. The van der Waals surface area contributed by atoms with E-state index in [-0.39, 0.29) is 4.21 Å². The van der Waals surface area contributed by atoms with Crippen molar-refractivity contribution >= 4 is 43.1 Å². The second kappa shape index (κ2) is 4.19. The Labute approximate surface area is 105 Å². The van der Waals surface area contributed by atoms with Crippen LogP contribution in [0.3, 0.4) is 0 Å². The highest BCUT2D eigenvalue weighted by Crippen LogP contribution is 2.31. The predicted octanol–water partition coefficient (Wildman–Crippen LogP) is 2.34. The predicted molar refractivity (Wildman–Crippen MR) is 66.2 cm³/mol. The van der Waals surface area contributed by atoms with Gasteiger partial charge < -0.3 is 0 Å². The van der Waals surface area contributed by atoms with Crippen LogP contribution in [0.2, 0.25) is 0 Å². The Morgan fingerprint density at radius 1 is 1.56 bits per heavy atom. The standard InChI is InChI=1S/C8H8BrN3O2S2/c1-5-4-7(15-8(5)9)16(13,14)12-6-2-3-10-11-6/h2-4H,1H3,(H2,10,11,12). The number of hydrogen-bond donors (Lipinski definition) is 2. The molecule has 0 spiro atoms. The number of aromatic nitrogens is 2. The SMILES string of the molecule is Cc1cc(S(=O)(=O)Nc2ccn[nH]2)sc1Br. The number of hydrogen-bond acceptors (Lipinski definition) is 4. The fraction of sp³-hybridized carbons (Fsp3) is 0.125. The topological polar surface area (TPSA) is 74.8 Å². The van der Waals surface area contributed by atoms with Crippen molar-refractivity contribution in [1.82, 2.24) is 10.2 Å². The first-order valence-electron chi connectivity index (χ1n) is 4.27. The smallest absolute Gasteiger partial charge is 0.263 e. The molecule has 8 heteroatoms. The van der Waals surface area contributed by atoms with Gasteiger partial charge in [0.25, 0.3) is 10.0 Å². The van der Waals surface area contributed by atoms with Crippen LogP contribution < -0.4 is 4.72 Å². The average molecular weight is 322 g/mol. The molecule has 0 atom stereocenters. The van der Waals surface area contributed by atoms with Gasteiger partial charge in [0, 0.05) is 6.07 Å². The summed E-state index contributed by atoms with van der Waals surface area (Å²) in [6, 6.07) is 3.17. The molecule has 5 nitrogen and oxygen atoms in total. The minimum Gasteiger partial charge on any atom is -0.263 e. The van der Waals surface area contributed by atoms with Crippen LogP contribution in [0.25, 0.3) is 0 Å². The molecule has 0 radical (unpaired) electrons. The molecule has 0 amide bonds. The van der Waals surface area contributed by atoms with Crippen LogP contribution in [0.4, 0.5) is 5.82 Å². The molecule has 2 heterocycles. The Bertz CT molecular complexity index is 569. The minimum absolute atomic E-state index is 0.270. The van der Waals surface area contributed by atoms with E-state index in [9.17, 15) is 8.42 Å². The number of aryl methyl sites for hydroxylation is 1. The van der Waals surface area contributed by atoms with Gasteiger partial charge in [-0.1, -0.05) is 0 Å². The average Bonchev–Trinajstić information content (AvgIpc) is 2.78. The highest BCUT2D eigenvalue weighted by Gasteiger charge is 2.18. The zero-order valence-corrected chi connectivity index (χ0v) is 11.4. The molecule has 0 aliphatic heterocycles. The third kappa shape index (κ3) is 2.28. The van der Waals surface area contributed by atoms with Gasteiger partial charge in [0.2, 0.25) is 0 Å². The Hall–Kier alpha value is -0.860. The van der Waals surface area contributed by atoms with Crippen molar-refractivity contribution in [1.29, 1.82) is 0 Å². The van der Waals surface area contributed by atoms with Gasteiger partial charge in [0.05, 0.1) is 9.98 Å². The first-order chi connectivity index (χ1) is 7.49. The van der Waals surface area contributed by atoms with Gasteiger partial charge in [-0.15, -0.1) is 11.3 Å². The molecular formula is C8H8BrN3O2S2. The summed E-state index contributed by atoms with van der Waals surface area (Å²) in [5.41, 5.74) is 0.898. The summed E-state index contributed by atoms with van der Waals surface area (Å²) >= 11 is 4.47. The van der Waals surface area contributed by atoms with E-state index < -0.39 is 10.0 Å². The van der Waals surface area contributed by atoms with Crippen LogP contribution in [-0.2, 0) is 10.0 Å². The maximum Gasteiger partial charge on any atom is 0.272 e. The summed E-state index contributed by atoms with van der Waals surface area (Å²) in [6.45, 7) is 1.84. The van der Waals surface area contributed by atoms with Crippen LogP contribution >= 0.6 is 27.3 Å². The largest absolute Gasteiger partial charge is 0.272 e. The molecule has 2 N–H and O–H groups in total. The van der Waals surface area contributed by atoms with E-state index in [1.165, 1.54) is 17.5 Å². The fourth-order valence-corrected chi connectivity index (χ4v) is 4.31. The number of halogens is 1. The monoisotopic (exact) mass is 321 g/mol. The quantitative estimate of drug-likeness (QED) is 0.911. The number of thiophene rings is 1. The summed E-state index contributed by atoms with van der Waals surface area (Å²) < 4.78 is 27.3. The van der Waals surface area contributed by atoms with Crippen LogP contribution in [0, 0.1) is 6.92 Å².